The maximum Gasteiger partial charge on any atom is 0.253 e. The Labute approximate surface area is 231 Å². The van der Waals surface area contributed by atoms with E-state index in [0.717, 1.165) is 33.5 Å². The lowest BCUT2D eigenvalue weighted by atomic mass is 9.84. The van der Waals surface area contributed by atoms with E-state index in [1.165, 1.54) is 37.7 Å². The number of hydrogen-bond donors (Lipinski definition) is 1. The normalized spacial score (nSPS) is 14.1. The van der Waals surface area contributed by atoms with E-state index in [9.17, 15) is 4.79 Å². The van der Waals surface area contributed by atoms with Crippen molar-refractivity contribution in [1.29, 1.82) is 0 Å². The molecule has 0 atom stereocenters. The molecule has 0 radical (unpaired) electrons. The maximum absolute atomic E-state index is 13.0. The van der Waals surface area contributed by atoms with Gasteiger partial charge in [-0.05, 0) is 64.9 Å². The molecule has 1 amide bonds. The highest BCUT2D eigenvalue weighted by Crippen LogP contribution is 2.33. The molecule has 6 nitrogen and oxygen atoms in total. The Hall–Kier alpha value is -2.90. The van der Waals surface area contributed by atoms with E-state index < -0.39 is 0 Å². The summed E-state index contributed by atoms with van der Waals surface area (Å²) in [6.07, 6.45) is 9.02. The van der Waals surface area contributed by atoms with E-state index >= 15 is 0 Å². The number of benzene rings is 2. The van der Waals surface area contributed by atoms with Gasteiger partial charge in [-0.15, -0.1) is 0 Å². The van der Waals surface area contributed by atoms with Crippen LogP contribution in [0, 0.1) is 0 Å². The zero-order valence-corrected chi connectivity index (χ0v) is 23.3. The van der Waals surface area contributed by atoms with E-state index in [4.69, 9.17) is 16.6 Å². The van der Waals surface area contributed by atoms with Crippen molar-refractivity contribution in [3.63, 3.8) is 0 Å². The van der Waals surface area contributed by atoms with Crippen LogP contribution in [0.25, 0.3) is 16.9 Å². The molecule has 2 heterocycles. The van der Waals surface area contributed by atoms with Crippen molar-refractivity contribution in [2.45, 2.75) is 44.4 Å². The van der Waals surface area contributed by atoms with Crippen molar-refractivity contribution < 1.29 is 4.79 Å². The van der Waals surface area contributed by atoms with Crippen molar-refractivity contribution in [1.82, 2.24) is 19.5 Å². The van der Waals surface area contributed by atoms with Crippen LogP contribution in [0.4, 0.5) is 5.82 Å². The molecule has 0 spiro atoms. The number of fused-ring (bicyclic) bond motifs is 1. The summed E-state index contributed by atoms with van der Waals surface area (Å²) in [5, 5.41) is 8.56. The predicted octanol–water partition coefficient (Wildman–Crippen LogP) is 7.43. The summed E-state index contributed by atoms with van der Waals surface area (Å²) < 4.78 is 2.58. The van der Waals surface area contributed by atoms with Crippen molar-refractivity contribution in [3.05, 3.63) is 81.4 Å². The number of carbonyl (C=O) groups excluding carboxylic acids is 1. The largest absolute Gasteiger partial charge is 0.370 e. The molecule has 0 bridgehead atoms. The lowest BCUT2D eigenvalue weighted by molar-refractivity contribution is 0.0794. The Morgan fingerprint density at radius 2 is 1.89 bits per heavy atom. The fraction of sp³-hybridized carbons (Fsp3) is 0.345. The fourth-order valence-corrected chi connectivity index (χ4v) is 5.64. The molecule has 5 rings (SSSR count). The number of carbonyl (C=O) groups is 1. The van der Waals surface area contributed by atoms with Crippen molar-refractivity contribution in [2.75, 3.05) is 25.5 Å². The van der Waals surface area contributed by atoms with Crippen LogP contribution in [-0.4, -0.2) is 45.5 Å². The molecule has 1 fully saturated rings. The number of amides is 1. The quantitative estimate of drug-likeness (QED) is 0.220. The summed E-state index contributed by atoms with van der Waals surface area (Å²) in [4.78, 5) is 19.5. The first-order valence-corrected chi connectivity index (χ1v) is 14.1. The van der Waals surface area contributed by atoms with Gasteiger partial charge in [-0.3, -0.25) is 4.79 Å². The fourth-order valence-electron chi connectivity index (χ4n) is 5.06. The molecule has 192 valence electrons. The second kappa shape index (κ2) is 11.7. The summed E-state index contributed by atoms with van der Waals surface area (Å²) in [5.74, 6) is 1.52. The van der Waals surface area contributed by atoms with Crippen molar-refractivity contribution in [3.8, 4) is 11.3 Å². The first-order valence-electron chi connectivity index (χ1n) is 12.9. The molecular formula is C29H31BrClN5O. The van der Waals surface area contributed by atoms with Crippen LogP contribution in [0.15, 0.2) is 65.3 Å². The minimum Gasteiger partial charge on any atom is -0.370 e. The summed E-state index contributed by atoms with van der Waals surface area (Å²) >= 11 is 9.98. The lowest BCUT2D eigenvalue weighted by Crippen LogP contribution is -2.29. The minimum absolute atomic E-state index is 0.0542. The number of anilines is 1. The molecule has 0 saturated heterocycles. The van der Waals surface area contributed by atoms with Gasteiger partial charge in [-0.25, -0.2) is 4.98 Å². The smallest absolute Gasteiger partial charge is 0.253 e. The van der Waals surface area contributed by atoms with Crippen LogP contribution in [0.2, 0.25) is 5.02 Å². The minimum atomic E-state index is 0.0542. The zero-order chi connectivity index (χ0) is 25.8. The van der Waals surface area contributed by atoms with Crippen molar-refractivity contribution >= 4 is 44.9 Å². The Bertz CT molecular complexity index is 1380. The Kier molecular flexibility index (Phi) is 8.11. The molecular weight excluding hydrogens is 550 g/mol. The molecule has 1 saturated carbocycles. The van der Waals surface area contributed by atoms with Gasteiger partial charge in [0.05, 0.1) is 16.4 Å². The molecule has 37 heavy (non-hydrogen) atoms. The average Bonchev–Trinajstić information content (AvgIpc) is 3.32. The van der Waals surface area contributed by atoms with Gasteiger partial charge < -0.3 is 10.2 Å². The van der Waals surface area contributed by atoms with Gasteiger partial charge in [0.1, 0.15) is 5.82 Å². The predicted molar refractivity (Wildman–Crippen MR) is 153 cm³/mol. The third kappa shape index (κ3) is 5.83. The number of halogens is 2. The highest BCUT2D eigenvalue weighted by Gasteiger charge is 2.17. The van der Waals surface area contributed by atoms with Gasteiger partial charge >= 0.3 is 0 Å². The van der Waals surface area contributed by atoms with Crippen LogP contribution in [0.3, 0.4) is 0 Å². The monoisotopic (exact) mass is 579 g/mol. The number of nitrogens with one attached hydrogen (secondary N) is 1. The summed E-state index contributed by atoms with van der Waals surface area (Å²) in [5.41, 5.74) is 4.46. The van der Waals surface area contributed by atoms with Crippen LogP contribution < -0.4 is 5.32 Å². The average molecular weight is 581 g/mol. The molecule has 1 aliphatic carbocycles. The topological polar surface area (TPSA) is 62.5 Å². The number of aromatic nitrogens is 3. The lowest BCUT2D eigenvalue weighted by Gasteiger charge is -2.22. The van der Waals surface area contributed by atoms with Crippen molar-refractivity contribution in [2.24, 2.45) is 0 Å². The van der Waals surface area contributed by atoms with Gasteiger partial charge in [-0.2, -0.15) is 9.61 Å². The van der Waals surface area contributed by atoms with Crippen LogP contribution in [0.1, 0.15) is 60.4 Å². The summed E-state index contributed by atoms with van der Waals surface area (Å²) in [7, 11) is 1.86. The van der Waals surface area contributed by atoms with Gasteiger partial charge in [-0.1, -0.05) is 61.2 Å². The third-order valence-electron chi connectivity index (χ3n) is 7.14. The zero-order valence-electron chi connectivity index (χ0n) is 21.0. The van der Waals surface area contributed by atoms with Crippen LogP contribution in [-0.2, 0) is 0 Å². The molecule has 0 aliphatic heterocycles. The van der Waals surface area contributed by atoms with E-state index in [2.05, 4.69) is 38.5 Å². The molecule has 2 aromatic heterocycles. The SMILES string of the molecule is CN(CCCNc1cc(-c2ccccc2Cl)nc2c(Br)cnn12)C(=O)c1ccc(C2CCCCC2)cc1. The Morgan fingerprint density at radius 3 is 2.65 bits per heavy atom. The van der Waals surface area contributed by atoms with Crippen LogP contribution >= 0.6 is 27.5 Å². The second-order valence-electron chi connectivity index (χ2n) is 9.70. The highest BCUT2D eigenvalue weighted by atomic mass is 79.9. The van der Waals surface area contributed by atoms with Gasteiger partial charge in [0, 0.05) is 42.4 Å². The first kappa shape index (κ1) is 25.7. The van der Waals surface area contributed by atoms with Crippen LogP contribution in [0.5, 0.6) is 0 Å². The number of nitrogens with zero attached hydrogens (tertiary/aromatic N) is 4. The third-order valence-corrected chi connectivity index (χ3v) is 8.02. The van der Waals surface area contributed by atoms with Gasteiger partial charge in [0.15, 0.2) is 5.65 Å². The van der Waals surface area contributed by atoms with Gasteiger partial charge in [0.25, 0.3) is 5.91 Å². The Balaban J connectivity index is 1.20. The Morgan fingerprint density at radius 1 is 1.14 bits per heavy atom. The van der Waals surface area contributed by atoms with Gasteiger partial charge in [0.2, 0.25) is 0 Å². The van der Waals surface area contributed by atoms with E-state index in [1.807, 2.05) is 49.5 Å². The molecule has 1 aliphatic rings. The molecule has 8 heteroatoms. The maximum atomic E-state index is 13.0. The standard InChI is InChI=1S/C29H31BrClN5O/c1-35(29(37)22-14-12-21(13-15-22)20-8-3-2-4-9-20)17-7-16-32-27-18-26(23-10-5-6-11-25(23)31)34-28-24(30)19-33-36(27)28/h5-6,10-15,18-20,32H,2-4,7-9,16-17H2,1H3. The second-order valence-corrected chi connectivity index (χ2v) is 11.0. The van der Waals surface area contributed by atoms with E-state index in [-0.39, 0.29) is 5.91 Å². The number of hydrogen-bond acceptors (Lipinski definition) is 4. The molecule has 2 aromatic carbocycles. The highest BCUT2D eigenvalue weighted by molar-refractivity contribution is 9.10. The first-order chi connectivity index (χ1) is 18.0. The van der Waals surface area contributed by atoms with E-state index in [1.54, 1.807) is 15.6 Å². The van der Waals surface area contributed by atoms with E-state index in [0.29, 0.717) is 29.7 Å². The summed E-state index contributed by atoms with van der Waals surface area (Å²) in [6.45, 7) is 1.32. The summed E-state index contributed by atoms with van der Waals surface area (Å²) in [6, 6.07) is 17.9. The molecule has 0 unspecified atom stereocenters. The molecule has 1 N–H and O–H groups in total. The number of rotatable bonds is 8. The molecule has 4 aromatic rings.